The molecular formula is C27H34F3N9O2. The van der Waals surface area contributed by atoms with Crippen LogP contribution in [-0.2, 0) is 16.4 Å². The number of amides is 1. The highest BCUT2D eigenvalue weighted by Crippen LogP contribution is 2.43. The first kappa shape index (κ1) is 28.7. The summed E-state index contributed by atoms with van der Waals surface area (Å²) in [6.07, 6.45) is -1.86. The first-order chi connectivity index (χ1) is 19.2. The fraction of sp³-hybridized carbons (Fsp3) is 0.556. The van der Waals surface area contributed by atoms with Gasteiger partial charge in [0.15, 0.2) is 0 Å². The number of pyridine rings is 1. The van der Waals surface area contributed by atoms with E-state index in [1.54, 1.807) is 12.1 Å². The molecule has 0 aliphatic carbocycles. The number of nitrogens with zero attached hydrogens (tertiary/aromatic N) is 6. The summed E-state index contributed by atoms with van der Waals surface area (Å²) < 4.78 is 44.1. The molecule has 14 heteroatoms. The zero-order valence-corrected chi connectivity index (χ0v) is 23.7. The average Bonchev–Trinajstić information content (AvgIpc) is 3.50. The number of aromatic nitrogens is 5. The van der Waals surface area contributed by atoms with Gasteiger partial charge in [-0.25, -0.2) is 15.0 Å². The van der Waals surface area contributed by atoms with Crippen LogP contribution in [0.15, 0.2) is 22.9 Å². The molecule has 0 aromatic carbocycles. The van der Waals surface area contributed by atoms with Gasteiger partial charge < -0.3 is 25.3 Å². The molecule has 5 rings (SSSR count). The molecule has 2 aliphatic heterocycles. The molecule has 3 aromatic heterocycles. The Balaban J connectivity index is 1.38. The van der Waals surface area contributed by atoms with Crippen molar-refractivity contribution >= 4 is 23.2 Å². The lowest BCUT2D eigenvalue weighted by Gasteiger charge is -2.35. The van der Waals surface area contributed by atoms with Gasteiger partial charge in [0.1, 0.15) is 23.7 Å². The standard InChI is InChI=1S/C27H34F3N9O2/c1-25(2,3)34-11-10-31-16-6-7-17(22-37-38-24(41-22)27(28,29)30)35-19(16)15-8-12-39(13-9-15)21-18-20(32-14-33-21)36-23(40)26(18,4)5/h6-7,14-15,31,34H,8-13H2,1-5H3,(H,32,33,36,40). The summed E-state index contributed by atoms with van der Waals surface area (Å²) in [5.41, 5.74) is 1.71. The molecule has 1 fully saturated rings. The third-order valence-corrected chi connectivity index (χ3v) is 7.34. The maximum absolute atomic E-state index is 13.1. The highest BCUT2D eigenvalue weighted by molar-refractivity contribution is 6.06. The molecule has 0 atom stereocenters. The van der Waals surface area contributed by atoms with Gasteiger partial charge in [0, 0.05) is 37.6 Å². The monoisotopic (exact) mass is 573 g/mol. The lowest BCUT2D eigenvalue weighted by atomic mass is 9.86. The summed E-state index contributed by atoms with van der Waals surface area (Å²) in [5, 5.41) is 16.4. The molecule has 0 unspecified atom stereocenters. The van der Waals surface area contributed by atoms with Crippen LogP contribution in [0, 0.1) is 0 Å². The molecule has 1 saturated heterocycles. The van der Waals surface area contributed by atoms with Crippen molar-refractivity contribution in [2.75, 3.05) is 41.7 Å². The van der Waals surface area contributed by atoms with Crippen molar-refractivity contribution in [3.63, 3.8) is 0 Å². The summed E-state index contributed by atoms with van der Waals surface area (Å²) >= 11 is 0. The molecular weight excluding hydrogens is 539 g/mol. The van der Waals surface area contributed by atoms with Crippen molar-refractivity contribution in [3.8, 4) is 11.6 Å². The Morgan fingerprint density at radius 1 is 1.10 bits per heavy atom. The summed E-state index contributed by atoms with van der Waals surface area (Å²) in [6, 6.07) is 3.39. The fourth-order valence-corrected chi connectivity index (χ4v) is 5.16. The summed E-state index contributed by atoms with van der Waals surface area (Å²) in [7, 11) is 0. The van der Waals surface area contributed by atoms with E-state index in [4.69, 9.17) is 9.40 Å². The minimum atomic E-state index is -4.74. The number of fused-ring (bicyclic) bond motifs is 1. The predicted molar refractivity (Wildman–Crippen MR) is 147 cm³/mol. The second-order valence-electron chi connectivity index (χ2n) is 11.9. The lowest BCUT2D eigenvalue weighted by Crippen LogP contribution is -2.39. The minimum Gasteiger partial charge on any atom is -0.411 e. The number of halogens is 3. The molecule has 220 valence electrons. The van der Waals surface area contributed by atoms with Gasteiger partial charge in [-0.05, 0) is 59.6 Å². The molecule has 1 amide bonds. The van der Waals surface area contributed by atoms with Crippen molar-refractivity contribution in [3.05, 3.63) is 35.6 Å². The molecule has 41 heavy (non-hydrogen) atoms. The van der Waals surface area contributed by atoms with E-state index in [0.29, 0.717) is 44.8 Å². The average molecular weight is 574 g/mol. The van der Waals surface area contributed by atoms with Crippen LogP contribution in [0.2, 0.25) is 0 Å². The maximum Gasteiger partial charge on any atom is 0.470 e. The van der Waals surface area contributed by atoms with Crippen molar-refractivity contribution in [2.45, 2.75) is 70.5 Å². The fourth-order valence-electron chi connectivity index (χ4n) is 5.16. The topological polar surface area (TPSA) is 134 Å². The number of hydrogen-bond donors (Lipinski definition) is 3. The highest BCUT2D eigenvalue weighted by atomic mass is 19.4. The Morgan fingerprint density at radius 2 is 1.83 bits per heavy atom. The van der Waals surface area contributed by atoms with Crippen LogP contribution in [0.1, 0.15) is 70.5 Å². The largest absolute Gasteiger partial charge is 0.470 e. The van der Waals surface area contributed by atoms with E-state index < -0.39 is 17.5 Å². The second-order valence-corrected chi connectivity index (χ2v) is 11.9. The number of anilines is 3. The van der Waals surface area contributed by atoms with E-state index in [-0.39, 0.29) is 28.9 Å². The van der Waals surface area contributed by atoms with Crippen LogP contribution >= 0.6 is 0 Å². The predicted octanol–water partition coefficient (Wildman–Crippen LogP) is 4.35. The van der Waals surface area contributed by atoms with Crippen LogP contribution in [0.25, 0.3) is 11.6 Å². The SMILES string of the molecule is CC(C)(C)NCCNc1ccc(-c2nnc(C(F)(F)F)o2)nc1C1CCN(c2ncnc3c2C(C)(C)C(=O)N3)CC1. The van der Waals surface area contributed by atoms with E-state index in [1.165, 1.54) is 6.33 Å². The number of rotatable bonds is 7. The van der Waals surface area contributed by atoms with Crippen molar-refractivity contribution < 1.29 is 22.4 Å². The van der Waals surface area contributed by atoms with E-state index in [2.05, 4.69) is 61.8 Å². The van der Waals surface area contributed by atoms with Gasteiger partial charge in [-0.1, -0.05) is 0 Å². The first-order valence-corrected chi connectivity index (χ1v) is 13.6. The van der Waals surface area contributed by atoms with Gasteiger partial charge in [-0.3, -0.25) is 4.79 Å². The Hall–Kier alpha value is -3.81. The van der Waals surface area contributed by atoms with E-state index in [1.807, 2.05) is 13.8 Å². The number of carbonyl (C=O) groups is 1. The van der Waals surface area contributed by atoms with E-state index >= 15 is 0 Å². The van der Waals surface area contributed by atoms with Crippen LogP contribution in [0.4, 0.5) is 30.5 Å². The van der Waals surface area contributed by atoms with Gasteiger partial charge in [0.2, 0.25) is 5.91 Å². The van der Waals surface area contributed by atoms with Gasteiger partial charge in [-0.2, -0.15) is 13.2 Å². The first-order valence-electron chi connectivity index (χ1n) is 13.6. The Labute approximate surface area is 235 Å². The Bertz CT molecular complexity index is 1420. The number of piperidine rings is 1. The van der Waals surface area contributed by atoms with Gasteiger partial charge in [0.05, 0.1) is 22.4 Å². The molecule has 0 saturated carbocycles. The van der Waals surface area contributed by atoms with Crippen molar-refractivity contribution in [2.24, 2.45) is 0 Å². The van der Waals surface area contributed by atoms with Gasteiger partial charge >= 0.3 is 12.1 Å². The summed E-state index contributed by atoms with van der Waals surface area (Å²) in [5.74, 6) is -0.528. The zero-order chi connectivity index (χ0) is 29.6. The Morgan fingerprint density at radius 3 is 2.49 bits per heavy atom. The molecule has 3 N–H and O–H groups in total. The third kappa shape index (κ3) is 5.97. The molecule has 11 nitrogen and oxygen atoms in total. The molecule has 5 heterocycles. The van der Waals surface area contributed by atoms with Crippen LogP contribution in [0.3, 0.4) is 0 Å². The molecule has 2 aliphatic rings. The van der Waals surface area contributed by atoms with Gasteiger partial charge in [-0.15, -0.1) is 10.2 Å². The van der Waals surface area contributed by atoms with E-state index in [0.717, 1.165) is 22.8 Å². The molecule has 0 radical (unpaired) electrons. The number of hydrogen-bond acceptors (Lipinski definition) is 10. The van der Waals surface area contributed by atoms with Crippen LogP contribution in [-0.4, -0.2) is 62.8 Å². The van der Waals surface area contributed by atoms with Crippen molar-refractivity contribution in [1.82, 2.24) is 30.5 Å². The van der Waals surface area contributed by atoms with Gasteiger partial charge in [0.25, 0.3) is 5.89 Å². The van der Waals surface area contributed by atoms with Crippen LogP contribution < -0.4 is 20.9 Å². The van der Waals surface area contributed by atoms with Crippen molar-refractivity contribution in [1.29, 1.82) is 0 Å². The Kier molecular flexibility index (Phi) is 7.38. The number of carbonyl (C=O) groups excluding carboxylic acids is 1. The van der Waals surface area contributed by atoms with Crippen LogP contribution in [0.5, 0.6) is 0 Å². The second kappa shape index (κ2) is 10.5. The molecule has 0 spiro atoms. The highest BCUT2D eigenvalue weighted by Gasteiger charge is 2.43. The minimum absolute atomic E-state index is 0.0111. The summed E-state index contributed by atoms with van der Waals surface area (Å²) in [6.45, 7) is 12.6. The van der Waals surface area contributed by atoms with E-state index in [9.17, 15) is 18.0 Å². The lowest BCUT2D eigenvalue weighted by molar-refractivity contribution is -0.157. The smallest absolute Gasteiger partial charge is 0.411 e. The normalized spacial score (nSPS) is 17.5. The molecule has 0 bridgehead atoms. The summed E-state index contributed by atoms with van der Waals surface area (Å²) in [4.78, 5) is 28.2. The zero-order valence-electron chi connectivity index (χ0n) is 23.7. The maximum atomic E-state index is 13.1. The quantitative estimate of drug-likeness (QED) is 0.350. The molecule has 3 aromatic rings. The third-order valence-electron chi connectivity index (χ3n) is 7.34. The number of nitrogens with one attached hydrogen (secondary N) is 3. The number of alkyl halides is 3.